The lowest BCUT2D eigenvalue weighted by molar-refractivity contribution is 0.572. The number of likely N-dealkylation sites (N-methyl/N-ethyl adjacent to an activating group) is 1. The lowest BCUT2D eigenvalue weighted by atomic mass is 9.91. The molecule has 0 fully saturated rings. The van der Waals surface area contributed by atoms with E-state index in [-0.39, 0.29) is 0 Å². The van der Waals surface area contributed by atoms with Gasteiger partial charge in [0, 0.05) is 18.3 Å². The van der Waals surface area contributed by atoms with Crippen molar-refractivity contribution in [3.8, 4) is 0 Å². The Morgan fingerprint density at radius 1 is 1.28 bits per heavy atom. The van der Waals surface area contributed by atoms with E-state index in [0.29, 0.717) is 6.04 Å². The van der Waals surface area contributed by atoms with E-state index < -0.39 is 0 Å². The number of hydrogen-bond acceptors (Lipinski definition) is 2. The van der Waals surface area contributed by atoms with Crippen molar-refractivity contribution in [2.75, 3.05) is 7.05 Å². The summed E-state index contributed by atoms with van der Waals surface area (Å²) in [6, 6.07) is 0.344. The van der Waals surface area contributed by atoms with E-state index in [4.69, 9.17) is 0 Å². The van der Waals surface area contributed by atoms with Crippen molar-refractivity contribution in [2.24, 2.45) is 7.05 Å². The predicted octanol–water partition coefficient (Wildman–Crippen LogP) is 3.27. The van der Waals surface area contributed by atoms with Crippen LogP contribution >= 0.6 is 0 Å². The first-order valence-electron chi connectivity index (χ1n) is 7.08. The Morgan fingerprint density at radius 2 is 2.06 bits per heavy atom. The van der Waals surface area contributed by atoms with Crippen LogP contribution in [0.2, 0.25) is 0 Å². The van der Waals surface area contributed by atoms with Gasteiger partial charge in [-0.25, -0.2) is 0 Å². The second-order valence-corrected chi connectivity index (χ2v) is 5.26. The number of aromatic nitrogens is 2. The van der Waals surface area contributed by atoms with E-state index >= 15 is 0 Å². The molecule has 0 bridgehead atoms. The second-order valence-electron chi connectivity index (χ2n) is 5.26. The minimum absolute atomic E-state index is 0.344. The summed E-state index contributed by atoms with van der Waals surface area (Å²) in [7, 11) is 4.06. The molecule has 18 heavy (non-hydrogen) atoms. The van der Waals surface area contributed by atoms with Gasteiger partial charge in [0.15, 0.2) is 0 Å². The molecule has 100 valence electrons. The fraction of sp³-hybridized carbons (Fsp3) is 0.667. The monoisotopic (exact) mass is 247 g/mol. The first-order chi connectivity index (χ1) is 8.74. The summed E-state index contributed by atoms with van der Waals surface area (Å²) in [6.07, 6.45) is 12.3. The van der Waals surface area contributed by atoms with Crippen LogP contribution in [0.5, 0.6) is 0 Å². The summed E-state index contributed by atoms with van der Waals surface area (Å²) in [5, 5.41) is 7.84. The minimum atomic E-state index is 0.344. The molecule has 1 aliphatic carbocycles. The van der Waals surface area contributed by atoms with Gasteiger partial charge in [0.05, 0.1) is 12.2 Å². The number of hydrogen-bond donors (Lipinski definition) is 1. The number of rotatable bonds is 3. The average Bonchev–Trinajstić information content (AvgIpc) is 2.64. The SMILES string of the molecule is CNC(C1=CCCCCCC1)c1cnn(C)c1C. The van der Waals surface area contributed by atoms with E-state index in [1.54, 1.807) is 5.57 Å². The highest BCUT2D eigenvalue weighted by molar-refractivity contribution is 5.29. The topological polar surface area (TPSA) is 29.9 Å². The number of nitrogens with zero attached hydrogens (tertiary/aromatic N) is 2. The van der Waals surface area contributed by atoms with Crippen molar-refractivity contribution in [2.45, 2.75) is 51.5 Å². The van der Waals surface area contributed by atoms with Gasteiger partial charge in [0.1, 0.15) is 0 Å². The Bertz CT molecular complexity index is 417. The van der Waals surface area contributed by atoms with Crippen molar-refractivity contribution in [1.82, 2.24) is 15.1 Å². The summed E-state index contributed by atoms with van der Waals surface area (Å²) in [5.74, 6) is 0. The second kappa shape index (κ2) is 6.19. The zero-order chi connectivity index (χ0) is 13.0. The molecule has 1 N–H and O–H groups in total. The first-order valence-corrected chi connectivity index (χ1v) is 7.08. The molecule has 0 aromatic carbocycles. The molecule has 0 spiro atoms. The van der Waals surface area contributed by atoms with E-state index in [2.05, 4.69) is 30.5 Å². The third kappa shape index (κ3) is 2.83. The highest BCUT2D eigenvalue weighted by Gasteiger charge is 2.19. The Kier molecular flexibility index (Phi) is 4.59. The number of aryl methyl sites for hydroxylation is 1. The Labute approximate surface area is 110 Å². The first kappa shape index (κ1) is 13.3. The van der Waals surface area contributed by atoms with Crippen LogP contribution in [0.3, 0.4) is 0 Å². The molecule has 1 aromatic heterocycles. The molecule has 1 heterocycles. The molecule has 3 nitrogen and oxygen atoms in total. The van der Waals surface area contributed by atoms with Crippen molar-refractivity contribution in [3.05, 3.63) is 29.1 Å². The smallest absolute Gasteiger partial charge is 0.0567 e. The molecular formula is C15H25N3. The molecule has 1 aliphatic rings. The van der Waals surface area contributed by atoms with Crippen molar-refractivity contribution in [3.63, 3.8) is 0 Å². The van der Waals surface area contributed by atoms with Gasteiger partial charge in [0.25, 0.3) is 0 Å². The van der Waals surface area contributed by atoms with Crippen LogP contribution in [-0.2, 0) is 7.05 Å². The summed E-state index contributed by atoms with van der Waals surface area (Å²) in [6.45, 7) is 2.15. The predicted molar refractivity (Wildman–Crippen MR) is 75.5 cm³/mol. The molecule has 1 unspecified atom stereocenters. The van der Waals surface area contributed by atoms with Gasteiger partial charge >= 0.3 is 0 Å². The third-order valence-corrected chi connectivity index (χ3v) is 4.07. The molecule has 0 radical (unpaired) electrons. The van der Waals surface area contributed by atoms with Gasteiger partial charge in [-0.1, -0.05) is 24.5 Å². The van der Waals surface area contributed by atoms with Gasteiger partial charge in [-0.3, -0.25) is 4.68 Å². The van der Waals surface area contributed by atoms with E-state index in [0.717, 1.165) is 0 Å². The van der Waals surface area contributed by atoms with Gasteiger partial charge < -0.3 is 5.32 Å². The highest BCUT2D eigenvalue weighted by atomic mass is 15.3. The molecule has 1 aromatic rings. The summed E-state index contributed by atoms with van der Waals surface area (Å²) in [4.78, 5) is 0. The summed E-state index contributed by atoms with van der Waals surface area (Å²) in [5.41, 5.74) is 4.14. The minimum Gasteiger partial charge on any atom is -0.309 e. The normalized spacial score (nSPS) is 18.9. The van der Waals surface area contributed by atoms with Gasteiger partial charge in [-0.2, -0.15) is 5.10 Å². The Morgan fingerprint density at radius 3 is 2.72 bits per heavy atom. The molecule has 0 aliphatic heterocycles. The van der Waals surface area contributed by atoms with Crippen LogP contribution < -0.4 is 5.32 Å². The number of nitrogens with one attached hydrogen (secondary N) is 1. The third-order valence-electron chi connectivity index (χ3n) is 4.07. The lowest BCUT2D eigenvalue weighted by Crippen LogP contribution is -2.20. The molecular weight excluding hydrogens is 222 g/mol. The van der Waals surface area contributed by atoms with Gasteiger partial charge in [-0.15, -0.1) is 0 Å². The quantitative estimate of drug-likeness (QED) is 0.831. The standard InChI is InChI=1S/C15H25N3/c1-12-14(11-17-18(12)3)15(16-2)13-9-7-5-4-6-8-10-13/h9,11,15-16H,4-8,10H2,1-3H3. The lowest BCUT2D eigenvalue weighted by Gasteiger charge is -2.21. The fourth-order valence-electron chi connectivity index (χ4n) is 2.82. The van der Waals surface area contributed by atoms with Crippen LogP contribution in [0.15, 0.2) is 17.8 Å². The van der Waals surface area contributed by atoms with Crippen LogP contribution in [0.1, 0.15) is 55.8 Å². The average molecular weight is 247 g/mol. The number of allylic oxidation sites excluding steroid dienone is 1. The van der Waals surface area contributed by atoms with Crippen molar-refractivity contribution >= 4 is 0 Å². The molecule has 3 heteroatoms. The molecule has 1 atom stereocenters. The Balaban J connectivity index is 2.24. The molecule has 0 saturated heterocycles. The molecule has 0 amide bonds. The van der Waals surface area contributed by atoms with Crippen LogP contribution in [0, 0.1) is 6.92 Å². The largest absolute Gasteiger partial charge is 0.309 e. The van der Waals surface area contributed by atoms with E-state index in [9.17, 15) is 0 Å². The molecule has 0 saturated carbocycles. The maximum absolute atomic E-state index is 4.37. The van der Waals surface area contributed by atoms with Crippen LogP contribution in [0.4, 0.5) is 0 Å². The Hall–Kier alpha value is -1.09. The summed E-state index contributed by atoms with van der Waals surface area (Å²) >= 11 is 0. The van der Waals surface area contributed by atoms with Crippen molar-refractivity contribution < 1.29 is 0 Å². The van der Waals surface area contributed by atoms with Crippen LogP contribution in [-0.4, -0.2) is 16.8 Å². The van der Waals surface area contributed by atoms with Gasteiger partial charge in [0.2, 0.25) is 0 Å². The zero-order valence-electron chi connectivity index (χ0n) is 11.9. The van der Waals surface area contributed by atoms with Crippen LogP contribution in [0.25, 0.3) is 0 Å². The summed E-state index contributed by atoms with van der Waals surface area (Å²) < 4.78 is 1.96. The van der Waals surface area contributed by atoms with Crippen molar-refractivity contribution in [1.29, 1.82) is 0 Å². The highest BCUT2D eigenvalue weighted by Crippen LogP contribution is 2.29. The van der Waals surface area contributed by atoms with Gasteiger partial charge in [-0.05, 0) is 39.7 Å². The zero-order valence-corrected chi connectivity index (χ0v) is 11.9. The van der Waals surface area contributed by atoms with E-state index in [1.165, 1.54) is 49.8 Å². The maximum atomic E-state index is 4.37. The molecule has 2 rings (SSSR count). The fourth-order valence-corrected chi connectivity index (χ4v) is 2.82. The van der Waals surface area contributed by atoms with E-state index in [1.807, 2.05) is 17.9 Å². The maximum Gasteiger partial charge on any atom is 0.0567 e.